The van der Waals surface area contributed by atoms with Crippen molar-refractivity contribution in [2.24, 2.45) is 0 Å². The van der Waals surface area contributed by atoms with E-state index in [-0.39, 0.29) is 36.5 Å². The van der Waals surface area contributed by atoms with Crippen LogP contribution in [-0.2, 0) is 14.8 Å². The Morgan fingerprint density at radius 2 is 1.80 bits per heavy atom. The van der Waals surface area contributed by atoms with Gasteiger partial charge in [-0.25, -0.2) is 8.42 Å². The summed E-state index contributed by atoms with van der Waals surface area (Å²) in [5.41, 5.74) is 0.444. The van der Waals surface area contributed by atoms with E-state index in [1.807, 2.05) is 0 Å². The fourth-order valence-corrected chi connectivity index (χ4v) is 3.70. The number of amides is 1. The Kier molecular flexibility index (Phi) is 7.59. The number of anilines is 2. The molecule has 0 heterocycles. The number of nitro groups is 1. The summed E-state index contributed by atoms with van der Waals surface area (Å²) in [6, 6.07) is 10.4. The minimum Gasteiger partial charge on any atom is -0.497 e. The van der Waals surface area contributed by atoms with Gasteiger partial charge in [0, 0.05) is 25.1 Å². The number of nitrogens with zero attached hydrogens (tertiary/aromatic N) is 2. The standard InChI is InChI=1S/C19H23N3O7S/c1-28-16-9-6-14(7-10-16)21(30(3,26)27)12-4-5-19(23)20-17-13-15(22(24)25)8-11-18(17)29-2/h6-11,13H,4-5,12H2,1-3H3,(H,20,23). The van der Waals surface area contributed by atoms with Crippen LogP contribution in [0.4, 0.5) is 17.1 Å². The number of nitrogens with one attached hydrogen (secondary N) is 1. The lowest BCUT2D eigenvalue weighted by Gasteiger charge is -2.22. The second kappa shape index (κ2) is 9.92. The van der Waals surface area contributed by atoms with Crippen LogP contribution in [0.15, 0.2) is 42.5 Å². The van der Waals surface area contributed by atoms with Gasteiger partial charge >= 0.3 is 0 Å². The van der Waals surface area contributed by atoms with E-state index in [2.05, 4.69) is 5.32 Å². The lowest BCUT2D eigenvalue weighted by atomic mass is 10.2. The number of methoxy groups -OCH3 is 2. The van der Waals surface area contributed by atoms with Gasteiger partial charge < -0.3 is 14.8 Å². The van der Waals surface area contributed by atoms with E-state index in [1.54, 1.807) is 24.3 Å². The van der Waals surface area contributed by atoms with Gasteiger partial charge in [-0.15, -0.1) is 0 Å². The number of rotatable bonds is 10. The topological polar surface area (TPSA) is 128 Å². The van der Waals surface area contributed by atoms with Crippen molar-refractivity contribution in [1.82, 2.24) is 0 Å². The van der Waals surface area contributed by atoms with Crippen LogP contribution in [0.2, 0.25) is 0 Å². The first-order valence-corrected chi connectivity index (χ1v) is 10.7. The van der Waals surface area contributed by atoms with Gasteiger partial charge in [0.15, 0.2) is 0 Å². The third-order valence-corrected chi connectivity index (χ3v) is 5.39. The summed E-state index contributed by atoms with van der Waals surface area (Å²) in [4.78, 5) is 22.7. The molecule has 0 aromatic heterocycles. The highest BCUT2D eigenvalue weighted by atomic mass is 32.2. The summed E-state index contributed by atoms with van der Waals surface area (Å²) in [5.74, 6) is 0.458. The van der Waals surface area contributed by atoms with Crippen molar-refractivity contribution in [2.75, 3.05) is 36.6 Å². The Bertz CT molecular complexity index is 1010. The van der Waals surface area contributed by atoms with Crippen LogP contribution in [0.1, 0.15) is 12.8 Å². The number of carbonyl (C=O) groups is 1. The number of nitro benzene ring substituents is 1. The first-order chi connectivity index (χ1) is 14.2. The first-order valence-electron chi connectivity index (χ1n) is 8.89. The molecule has 11 heteroatoms. The highest BCUT2D eigenvalue weighted by Gasteiger charge is 2.18. The number of hydrogen-bond donors (Lipinski definition) is 1. The molecule has 0 aliphatic rings. The predicted octanol–water partition coefficient (Wildman–Crippen LogP) is 2.80. The smallest absolute Gasteiger partial charge is 0.271 e. The monoisotopic (exact) mass is 437 g/mol. The molecule has 30 heavy (non-hydrogen) atoms. The zero-order valence-electron chi connectivity index (χ0n) is 16.8. The maximum atomic E-state index is 12.3. The van der Waals surface area contributed by atoms with Crippen LogP contribution >= 0.6 is 0 Å². The molecule has 0 fully saturated rings. The summed E-state index contributed by atoms with van der Waals surface area (Å²) >= 11 is 0. The van der Waals surface area contributed by atoms with Crippen LogP contribution in [-0.4, -0.2) is 46.3 Å². The molecule has 2 aromatic rings. The Hall–Kier alpha value is -3.34. The van der Waals surface area contributed by atoms with Crippen molar-refractivity contribution in [3.05, 3.63) is 52.6 Å². The molecule has 0 unspecified atom stereocenters. The molecule has 0 spiro atoms. The second-order valence-corrected chi connectivity index (χ2v) is 8.23. The van der Waals surface area contributed by atoms with Crippen LogP contribution in [0.3, 0.4) is 0 Å². The van der Waals surface area contributed by atoms with E-state index in [4.69, 9.17) is 9.47 Å². The van der Waals surface area contributed by atoms with E-state index >= 15 is 0 Å². The number of sulfonamides is 1. The van der Waals surface area contributed by atoms with Gasteiger partial charge in [0.05, 0.1) is 36.8 Å². The van der Waals surface area contributed by atoms with Gasteiger partial charge in [-0.1, -0.05) is 0 Å². The second-order valence-electron chi connectivity index (χ2n) is 6.33. The minimum absolute atomic E-state index is 0.00796. The van der Waals surface area contributed by atoms with E-state index in [9.17, 15) is 23.3 Å². The van der Waals surface area contributed by atoms with E-state index in [1.165, 1.54) is 36.7 Å². The van der Waals surface area contributed by atoms with Crippen LogP contribution < -0.4 is 19.1 Å². The molecule has 0 saturated heterocycles. The molecule has 0 bridgehead atoms. The fourth-order valence-electron chi connectivity index (χ4n) is 2.74. The van der Waals surface area contributed by atoms with Crippen molar-refractivity contribution in [2.45, 2.75) is 12.8 Å². The van der Waals surface area contributed by atoms with Crippen molar-refractivity contribution in [3.63, 3.8) is 0 Å². The quantitative estimate of drug-likeness (QED) is 0.447. The first kappa shape index (κ1) is 22.9. The normalized spacial score (nSPS) is 10.9. The predicted molar refractivity (Wildman–Crippen MR) is 113 cm³/mol. The Morgan fingerprint density at radius 1 is 1.13 bits per heavy atom. The van der Waals surface area contributed by atoms with Gasteiger partial charge in [0.25, 0.3) is 5.69 Å². The average molecular weight is 437 g/mol. The summed E-state index contributed by atoms with van der Waals surface area (Å²) < 4.78 is 35.7. The molecule has 10 nitrogen and oxygen atoms in total. The lowest BCUT2D eigenvalue weighted by Crippen LogP contribution is -2.31. The van der Waals surface area contributed by atoms with Gasteiger partial charge in [-0.2, -0.15) is 0 Å². The number of benzene rings is 2. The summed E-state index contributed by atoms with van der Waals surface area (Å²) in [6.45, 7) is 0.0880. The van der Waals surface area contributed by atoms with E-state index in [0.29, 0.717) is 11.4 Å². The summed E-state index contributed by atoms with van der Waals surface area (Å²) in [5, 5.41) is 13.5. The Morgan fingerprint density at radius 3 is 2.33 bits per heavy atom. The highest BCUT2D eigenvalue weighted by Crippen LogP contribution is 2.29. The number of hydrogen-bond acceptors (Lipinski definition) is 7. The zero-order chi connectivity index (χ0) is 22.3. The Balaban J connectivity index is 2.04. The highest BCUT2D eigenvalue weighted by molar-refractivity contribution is 7.92. The zero-order valence-corrected chi connectivity index (χ0v) is 17.6. The largest absolute Gasteiger partial charge is 0.497 e. The molecule has 1 amide bonds. The molecule has 0 radical (unpaired) electrons. The van der Waals surface area contributed by atoms with Crippen molar-refractivity contribution >= 4 is 33.0 Å². The summed E-state index contributed by atoms with van der Waals surface area (Å²) in [7, 11) is -0.658. The molecule has 0 saturated carbocycles. The minimum atomic E-state index is -3.55. The third kappa shape index (κ3) is 6.08. The molecule has 0 aliphatic heterocycles. The van der Waals surface area contributed by atoms with Crippen LogP contribution in [0.25, 0.3) is 0 Å². The van der Waals surface area contributed by atoms with Gasteiger partial charge in [0.2, 0.25) is 15.9 Å². The molecular formula is C19H23N3O7S. The van der Waals surface area contributed by atoms with Crippen molar-refractivity contribution in [1.29, 1.82) is 0 Å². The van der Waals surface area contributed by atoms with Gasteiger partial charge in [-0.3, -0.25) is 19.2 Å². The summed E-state index contributed by atoms with van der Waals surface area (Å²) in [6.07, 6.45) is 1.33. The van der Waals surface area contributed by atoms with E-state index in [0.717, 1.165) is 6.26 Å². The fraction of sp³-hybridized carbons (Fsp3) is 0.316. The number of ether oxygens (including phenoxy) is 2. The van der Waals surface area contributed by atoms with Crippen LogP contribution in [0, 0.1) is 10.1 Å². The van der Waals surface area contributed by atoms with Gasteiger partial charge in [-0.05, 0) is 36.8 Å². The molecular weight excluding hydrogens is 414 g/mol. The number of carbonyl (C=O) groups excluding carboxylic acids is 1. The van der Waals surface area contributed by atoms with Gasteiger partial charge in [0.1, 0.15) is 11.5 Å². The van der Waals surface area contributed by atoms with Crippen LogP contribution in [0.5, 0.6) is 11.5 Å². The molecule has 162 valence electrons. The molecule has 0 atom stereocenters. The average Bonchev–Trinajstić information content (AvgIpc) is 2.70. The van der Waals surface area contributed by atoms with Crippen molar-refractivity contribution in [3.8, 4) is 11.5 Å². The third-order valence-electron chi connectivity index (χ3n) is 4.19. The molecule has 1 N–H and O–H groups in total. The maximum Gasteiger partial charge on any atom is 0.271 e. The lowest BCUT2D eigenvalue weighted by molar-refractivity contribution is -0.384. The SMILES string of the molecule is COc1ccc(N(CCCC(=O)Nc2cc([N+](=O)[O-])ccc2OC)S(C)(=O)=O)cc1. The van der Waals surface area contributed by atoms with Crippen molar-refractivity contribution < 1.29 is 27.6 Å². The van der Waals surface area contributed by atoms with E-state index < -0.39 is 20.9 Å². The molecule has 2 aromatic carbocycles. The number of non-ortho nitro benzene ring substituents is 1. The molecule has 0 aliphatic carbocycles. The maximum absolute atomic E-state index is 12.3. The Labute approximate surface area is 174 Å². The molecule has 2 rings (SSSR count).